The molecule has 98 valence electrons. The van der Waals surface area contributed by atoms with Crippen LogP contribution in [0.2, 0.25) is 0 Å². The summed E-state index contributed by atoms with van der Waals surface area (Å²) in [6.07, 6.45) is 1.82. The van der Waals surface area contributed by atoms with Crippen LogP contribution in [-0.2, 0) is 4.79 Å². The number of amides is 1. The van der Waals surface area contributed by atoms with Crippen molar-refractivity contribution in [2.45, 2.75) is 46.6 Å². The van der Waals surface area contributed by atoms with Gasteiger partial charge in [-0.1, -0.05) is 13.8 Å². The molecule has 4 heteroatoms. The molecule has 0 unspecified atom stereocenters. The molecule has 0 aliphatic carbocycles. The average Bonchev–Trinajstić information content (AvgIpc) is 2.28. The number of carbonyl (C=O) groups is 1. The lowest BCUT2D eigenvalue weighted by molar-refractivity contribution is -0.125. The van der Waals surface area contributed by atoms with Crippen LogP contribution in [0.3, 0.4) is 0 Å². The van der Waals surface area contributed by atoms with Gasteiger partial charge in [0.1, 0.15) is 5.84 Å². The van der Waals surface area contributed by atoms with Gasteiger partial charge in [0, 0.05) is 17.9 Å². The Bertz CT molecular complexity index is 278. The predicted molar refractivity (Wildman–Crippen MR) is 70.1 cm³/mol. The van der Waals surface area contributed by atoms with E-state index < -0.39 is 0 Å². The summed E-state index contributed by atoms with van der Waals surface area (Å²) in [7, 11) is 0. The largest absolute Gasteiger partial charge is 0.314 e. The van der Waals surface area contributed by atoms with Crippen LogP contribution in [0.15, 0.2) is 0 Å². The Morgan fingerprint density at radius 1 is 1.24 bits per heavy atom. The van der Waals surface area contributed by atoms with E-state index in [4.69, 9.17) is 5.41 Å². The van der Waals surface area contributed by atoms with Crippen LogP contribution in [0, 0.1) is 17.2 Å². The van der Waals surface area contributed by atoms with Crippen molar-refractivity contribution in [2.24, 2.45) is 11.8 Å². The summed E-state index contributed by atoms with van der Waals surface area (Å²) in [4.78, 5) is 14.3. The summed E-state index contributed by atoms with van der Waals surface area (Å²) in [6, 6.07) is 0.563. The van der Waals surface area contributed by atoms with Gasteiger partial charge in [-0.05, 0) is 39.8 Å². The quantitative estimate of drug-likeness (QED) is 0.583. The van der Waals surface area contributed by atoms with Gasteiger partial charge in [0.2, 0.25) is 5.91 Å². The first-order chi connectivity index (χ1) is 7.91. The summed E-state index contributed by atoms with van der Waals surface area (Å²) in [6.45, 7) is 10.2. The van der Waals surface area contributed by atoms with Gasteiger partial charge < -0.3 is 10.2 Å². The van der Waals surface area contributed by atoms with Crippen molar-refractivity contribution in [1.29, 1.82) is 5.41 Å². The van der Waals surface area contributed by atoms with Crippen molar-refractivity contribution < 1.29 is 4.79 Å². The zero-order valence-corrected chi connectivity index (χ0v) is 11.4. The van der Waals surface area contributed by atoms with E-state index in [1.807, 2.05) is 13.8 Å². The number of carbonyl (C=O) groups excluding carboxylic acids is 1. The molecule has 17 heavy (non-hydrogen) atoms. The van der Waals surface area contributed by atoms with Crippen molar-refractivity contribution in [3.63, 3.8) is 0 Å². The third kappa shape index (κ3) is 4.11. The number of likely N-dealkylation sites (tertiary alicyclic amines) is 1. The number of amidine groups is 1. The van der Waals surface area contributed by atoms with Crippen LogP contribution in [0.5, 0.6) is 0 Å². The fourth-order valence-electron chi connectivity index (χ4n) is 2.06. The number of rotatable bonds is 3. The number of nitrogens with one attached hydrogen (secondary N) is 2. The zero-order valence-electron chi connectivity index (χ0n) is 11.4. The van der Waals surface area contributed by atoms with Gasteiger partial charge in [-0.3, -0.25) is 10.2 Å². The first kappa shape index (κ1) is 14.2. The molecule has 4 nitrogen and oxygen atoms in total. The SMILES string of the molecule is CC(C)C(=N)NC(=O)C1CCN(C(C)C)CC1. The first-order valence-electron chi connectivity index (χ1n) is 6.55. The molecule has 1 aliphatic heterocycles. The maximum absolute atomic E-state index is 11.9. The second kappa shape index (κ2) is 6.15. The Hall–Kier alpha value is -0.900. The highest BCUT2D eigenvalue weighted by Gasteiger charge is 2.26. The van der Waals surface area contributed by atoms with E-state index in [0.717, 1.165) is 25.9 Å². The molecule has 0 radical (unpaired) electrons. The highest BCUT2D eigenvalue weighted by molar-refractivity contribution is 5.98. The molecule has 1 heterocycles. The lowest BCUT2D eigenvalue weighted by atomic mass is 9.95. The van der Waals surface area contributed by atoms with Crippen LogP contribution in [0.1, 0.15) is 40.5 Å². The summed E-state index contributed by atoms with van der Waals surface area (Å²) in [5, 5.41) is 10.4. The molecule has 0 bridgehead atoms. The summed E-state index contributed by atoms with van der Waals surface area (Å²) < 4.78 is 0. The highest BCUT2D eigenvalue weighted by atomic mass is 16.1. The smallest absolute Gasteiger partial charge is 0.228 e. The Kier molecular flexibility index (Phi) is 5.12. The Labute approximate surface area is 104 Å². The highest BCUT2D eigenvalue weighted by Crippen LogP contribution is 2.19. The van der Waals surface area contributed by atoms with Gasteiger partial charge >= 0.3 is 0 Å². The van der Waals surface area contributed by atoms with Crippen LogP contribution in [0.25, 0.3) is 0 Å². The molecule has 0 aromatic carbocycles. The molecule has 1 rings (SSSR count). The van der Waals surface area contributed by atoms with Crippen molar-refractivity contribution >= 4 is 11.7 Å². The fourth-order valence-corrected chi connectivity index (χ4v) is 2.06. The molecule has 0 aromatic rings. The number of hydrogen-bond donors (Lipinski definition) is 2. The third-order valence-electron chi connectivity index (χ3n) is 3.47. The first-order valence-corrected chi connectivity index (χ1v) is 6.55. The molecular formula is C13H25N3O. The number of piperidine rings is 1. The van der Waals surface area contributed by atoms with Crippen LogP contribution in [0.4, 0.5) is 0 Å². The maximum Gasteiger partial charge on any atom is 0.228 e. The van der Waals surface area contributed by atoms with Gasteiger partial charge in [0.05, 0.1) is 0 Å². The van der Waals surface area contributed by atoms with Crippen molar-refractivity contribution in [1.82, 2.24) is 10.2 Å². The third-order valence-corrected chi connectivity index (χ3v) is 3.47. The summed E-state index contributed by atoms with van der Waals surface area (Å²) in [5.74, 6) is 0.548. The van der Waals surface area contributed by atoms with Crippen molar-refractivity contribution in [2.75, 3.05) is 13.1 Å². The minimum atomic E-state index is 0.0344. The normalized spacial score (nSPS) is 18.7. The van der Waals surface area contributed by atoms with E-state index >= 15 is 0 Å². The van der Waals surface area contributed by atoms with Gasteiger partial charge in [0.15, 0.2) is 0 Å². The van der Waals surface area contributed by atoms with E-state index in [0.29, 0.717) is 11.9 Å². The van der Waals surface area contributed by atoms with E-state index in [9.17, 15) is 4.79 Å². The molecule has 1 amide bonds. The lowest BCUT2D eigenvalue weighted by Crippen LogP contribution is -2.44. The summed E-state index contributed by atoms with van der Waals surface area (Å²) in [5.41, 5.74) is 0. The summed E-state index contributed by atoms with van der Waals surface area (Å²) >= 11 is 0. The van der Waals surface area contributed by atoms with E-state index in [2.05, 4.69) is 24.1 Å². The van der Waals surface area contributed by atoms with E-state index in [1.165, 1.54) is 0 Å². The van der Waals surface area contributed by atoms with Gasteiger partial charge in [0.25, 0.3) is 0 Å². The second-order valence-electron chi connectivity index (χ2n) is 5.46. The molecule has 2 N–H and O–H groups in total. The monoisotopic (exact) mass is 239 g/mol. The molecule has 1 saturated heterocycles. The second-order valence-corrected chi connectivity index (χ2v) is 5.46. The van der Waals surface area contributed by atoms with Gasteiger partial charge in [-0.25, -0.2) is 0 Å². The van der Waals surface area contributed by atoms with Crippen molar-refractivity contribution in [3.8, 4) is 0 Å². The van der Waals surface area contributed by atoms with Gasteiger partial charge in [-0.2, -0.15) is 0 Å². The molecule has 0 aromatic heterocycles. The van der Waals surface area contributed by atoms with E-state index in [1.54, 1.807) is 0 Å². The topological polar surface area (TPSA) is 56.2 Å². The van der Waals surface area contributed by atoms with Crippen LogP contribution < -0.4 is 5.32 Å². The Balaban J connectivity index is 2.38. The van der Waals surface area contributed by atoms with Crippen molar-refractivity contribution in [3.05, 3.63) is 0 Å². The zero-order chi connectivity index (χ0) is 13.0. The molecule has 1 aliphatic rings. The lowest BCUT2D eigenvalue weighted by Gasteiger charge is -2.34. The maximum atomic E-state index is 11.9. The molecular weight excluding hydrogens is 214 g/mol. The minimum absolute atomic E-state index is 0.0344. The van der Waals surface area contributed by atoms with Crippen LogP contribution >= 0.6 is 0 Å². The van der Waals surface area contributed by atoms with Gasteiger partial charge in [-0.15, -0.1) is 0 Å². The Morgan fingerprint density at radius 2 is 1.76 bits per heavy atom. The minimum Gasteiger partial charge on any atom is -0.314 e. The number of nitrogens with zero attached hydrogens (tertiary/aromatic N) is 1. The Morgan fingerprint density at radius 3 is 2.18 bits per heavy atom. The fraction of sp³-hybridized carbons (Fsp3) is 0.846. The molecule has 0 spiro atoms. The predicted octanol–water partition coefficient (Wildman–Crippen LogP) is 1.86. The molecule has 0 saturated carbocycles. The van der Waals surface area contributed by atoms with E-state index in [-0.39, 0.29) is 17.7 Å². The number of hydrogen-bond acceptors (Lipinski definition) is 3. The molecule has 1 fully saturated rings. The standard InChI is InChI=1S/C13H25N3O/c1-9(2)12(14)15-13(17)11-5-7-16(8-6-11)10(3)4/h9-11H,5-8H2,1-4H3,(H2,14,15,17). The average molecular weight is 239 g/mol. The van der Waals surface area contributed by atoms with Crippen LogP contribution in [-0.4, -0.2) is 35.8 Å². The molecule has 0 atom stereocenters.